The number of benzene rings is 3. The fraction of sp³-hybridized carbons (Fsp3) is 0.400. The molecule has 40 heavy (non-hydrogen) atoms. The number of rotatable bonds is 20. The summed E-state index contributed by atoms with van der Waals surface area (Å²) in [6, 6.07) is 19.8. The molecular formula is C30H35ClO9. The van der Waals surface area contributed by atoms with Crippen molar-refractivity contribution in [1.82, 2.24) is 0 Å². The van der Waals surface area contributed by atoms with E-state index in [0.29, 0.717) is 75.6 Å². The quantitative estimate of drug-likeness (QED) is 0.142. The number of ether oxygens (including phenoxy) is 7. The van der Waals surface area contributed by atoms with Gasteiger partial charge in [-0.3, -0.25) is 0 Å². The van der Waals surface area contributed by atoms with E-state index in [0.717, 1.165) is 10.8 Å². The van der Waals surface area contributed by atoms with E-state index in [1.165, 1.54) is 0 Å². The molecule has 0 heterocycles. The molecule has 0 fully saturated rings. The minimum Gasteiger partial charge on any atom is -0.460 e. The third kappa shape index (κ3) is 12.4. The highest BCUT2D eigenvalue weighted by Gasteiger charge is 2.08. The van der Waals surface area contributed by atoms with Crippen LogP contribution in [0.25, 0.3) is 10.8 Å². The molecule has 9 nitrogen and oxygen atoms in total. The van der Waals surface area contributed by atoms with E-state index in [4.69, 9.17) is 44.8 Å². The first kappa shape index (κ1) is 31.5. The maximum atomic E-state index is 12.2. The first-order chi connectivity index (χ1) is 19.6. The van der Waals surface area contributed by atoms with Gasteiger partial charge in [0.25, 0.3) is 0 Å². The van der Waals surface area contributed by atoms with Crippen LogP contribution < -0.4 is 0 Å². The Balaban J connectivity index is 1.03. The zero-order chi connectivity index (χ0) is 28.3. The van der Waals surface area contributed by atoms with Crippen LogP contribution in [-0.4, -0.2) is 91.2 Å². The van der Waals surface area contributed by atoms with E-state index in [9.17, 15) is 9.59 Å². The van der Waals surface area contributed by atoms with E-state index in [1.54, 1.807) is 30.3 Å². The molecule has 0 amide bonds. The molecule has 0 radical (unpaired) electrons. The van der Waals surface area contributed by atoms with Crippen molar-refractivity contribution in [2.24, 2.45) is 0 Å². The maximum absolute atomic E-state index is 12.2. The van der Waals surface area contributed by atoms with Gasteiger partial charge in [0.15, 0.2) is 0 Å². The van der Waals surface area contributed by atoms with E-state index in [-0.39, 0.29) is 25.8 Å². The summed E-state index contributed by atoms with van der Waals surface area (Å²) in [6.07, 6.45) is 0. The number of carbonyl (C=O) groups is 2. The second kappa shape index (κ2) is 19.1. The first-order valence-corrected chi connectivity index (χ1v) is 13.5. The largest absolute Gasteiger partial charge is 0.460 e. The van der Waals surface area contributed by atoms with Crippen LogP contribution in [0, 0.1) is 0 Å². The number of hydrogen-bond acceptors (Lipinski definition) is 9. The maximum Gasteiger partial charge on any atom is 0.338 e. The van der Waals surface area contributed by atoms with Crippen molar-refractivity contribution in [3.8, 4) is 0 Å². The lowest BCUT2D eigenvalue weighted by Gasteiger charge is -2.09. The minimum absolute atomic E-state index is 0.162. The summed E-state index contributed by atoms with van der Waals surface area (Å²) in [5.74, 6) is -0.784. The van der Waals surface area contributed by atoms with Crippen molar-refractivity contribution in [1.29, 1.82) is 0 Å². The normalized spacial score (nSPS) is 11.0. The summed E-state index contributed by atoms with van der Waals surface area (Å²) in [6.45, 7) is 4.33. The van der Waals surface area contributed by atoms with Crippen LogP contribution >= 0.6 is 11.6 Å². The number of halogens is 1. The summed E-state index contributed by atoms with van der Waals surface area (Å²) in [5, 5.41) is 2.64. The molecular weight excluding hydrogens is 540 g/mol. The molecule has 3 aromatic carbocycles. The van der Waals surface area contributed by atoms with Gasteiger partial charge in [0, 0.05) is 5.02 Å². The van der Waals surface area contributed by atoms with Gasteiger partial charge in [-0.05, 0) is 47.2 Å². The van der Waals surface area contributed by atoms with Crippen LogP contribution in [0.15, 0.2) is 66.7 Å². The molecule has 0 bridgehead atoms. The predicted octanol–water partition coefficient (Wildman–Crippen LogP) is 4.59. The van der Waals surface area contributed by atoms with Crippen LogP contribution in [-0.2, 0) is 33.2 Å². The monoisotopic (exact) mass is 574 g/mol. The number of fused-ring (bicyclic) bond motifs is 1. The van der Waals surface area contributed by atoms with Gasteiger partial charge in [0.05, 0.1) is 77.2 Å². The van der Waals surface area contributed by atoms with E-state index in [1.807, 2.05) is 36.4 Å². The van der Waals surface area contributed by atoms with Crippen LogP contribution in [0.3, 0.4) is 0 Å². The topological polar surface area (TPSA) is 98.8 Å². The van der Waals surface area contributed by atoms with Crippen molar-refractivity contribution >= 4 is 34.3 Å². The summed E-state index contributed by atoms with van der Waals surface area (Å²) in [7, 11) is 0. The van der Waals surface area contributed by atoms with Crippen LogP contribution in [0.2, 0.25) is 5.02 Å². The highest BCUT2D eigenvalue weighted by atomic mass is 35.5. The van der Waals surface area contributed by atoms with Gasteiger partial charge in [0.2, 0.25) is 0 Å². The SMILES string of the molecule is O=C(OCCOCCOCCOCCOCCOCCOC(=O)c1ccc2ccccc2c1)c1ccc(Cl)cc1. The molecule has 0 aliphatic rings. The molecule has 0 aromatic heterocycles. The van der Waals surface area contributed by atoms with Crippen molar-refractivity contribution in [2.75, 3.05) is 79.3 Å². The van der Waals surface area contributed by atoms with Crippen LogP contribution in [0.4, 0.5) is 0 Å². The van der Waals surface area contributed by atoms with Gasteiger partial charge < -0.3 is 33.2 Å². The second-order valence-corrected chi connectivity index (χ2v) is 8.84. The fourth-order valence-corrected chi connectivity index (χ4v) is 3.56. The summed E-state index contributed by atoms with van der Waals surface area (Å²) >= 11 is 5.79. The fourth-order valence-electron chi connectivity index (χ4n) is 3.44. The summed E-state index contributed by atoms with van der Waals surface area (Å²) < 4.78 is 37.5. The van der Waals surface area contributed by atoms with Gasteiger partial charge in [-0.1, -0.05) is 41.9 Å². The molecule has 0 unspecified atom stereocenters. The van der Waals surface area contributed by atoms with Crippen molar-refractivity contribution in [3.63, 3.8) is 0 Å². The summed E-state index contributed by atoms with van der Waals surface area (Å²) in [5.41, 5.74) is 0.964. The number of hydrogen-bond donors (Lipinski definition) is 0. The van der Waals surface area contributed by atoms with Crippen LogP contribution in [0.1, 0.15) is 20.7 Å². The van der Waals surface area contributed by atoms with Crippen molar-refractivity contribution < 1.29 is 42.7 Å². The minimum atomic E-state index is -0.416. The average molecular weight is 575 g/mol. The average Bonchev–Trinajstić information content (AvgIpc) is 2.98. The molecule has 10 heteroatoms. The highest BCUT2D eigenvalue weighted by molar-refractivity contribution is 6.30. The Kier molecular flexibility index (Phi) is 15.0. The Hall–Kier alpha value is -3.05. The first-order valence-electron chi connectivity index (χ1n) is 13.1. The smallest absolute Gasteiger partial charge is 0.338 e. The molecule has 0 aliphatic carbocycles. The Morgan fingerprint density at radius 3 is 1.38 bits per heavy atom. The Bertz CT molecular complexity index is 1150. The zero-order valence-corrected chi connectivity index (χ0v) is 23.1. The molecule has 0 saturated heterocycles. The predicted molar refractivity (Wildman–Crippen MR) is 150 cm³/mol. The molecule has 216 valence electrons. The molecule has 0 atom stereocenters. The molecule has 0 spiro atoms. The molecule has 0 N–H and O–H groups in total. The second-order valence-electron chi connectivity index (χ2n) is 8.40. The van der Waals surface area contributed by atoms with Crippen molar-refractivity contribution in [3.05, 3.63) is 82.9 Å². The number of carbonyl (C=O) groups excluding carboxylic acids is 2. The highest BCUT2D eigenvalue weighted by Crippen LogP contribution is 2.16. The molecule has 0 saturated carbocycles. The van der Waals surface area contributed by atoms with Gasteiger partial charge in [0.1, 0.15) is 13.2 Å². The lowest BCUT2D eigenvalue weighted by atomic mass is 10.1. The Morgan fingerprint density at radius 2 is 0.875 bits per heavy atom. The zero-order valence-electron chi connectivity index (χ0n) is 22.4. The summed E-state index contributed by atoms with van der Waals surface area (Å²) in [4.78, 5) is 24.0. The Morgan fingerprint density at radius 1 is 0.475 bits per heavy atom. The van der Waals surface area contributed by atoms with Gasteiger partial charge >= 0.3 is 11.9 Å². The molecule has 3 rings (SSSR count). The third-order valence-corrected chi connectivity index (χ3v) is 5.73. The van der Waals surface area contributed by atoms with Gasteiger partial charge in [-0.15, -0.1) is 0 Å². The standard InChI is InChI=1S/C30H35ClO9/c31-28-9-7-25(8-10-28)29(32)39-21-19-37-17-15-35-13-11-34-12-14-36-16-18-38-20-22-40-30(33)27-6-5-24-3-1-2-4-26(24)23-27/h1-10,23H,11-22H2. The van der Waals surface area contributed by atoms with E-state index in [2.05, 4.69) is 0 Å². The molecule has 0 aliphatic heterocycles. The lowest BCUT2D eigenvalue weighted by Crippen LogP contribution is -2.15. The van der Waals surface area contributed by atoms with E-state index >= 15 is 0 Å². The van der Waals surface area contributed by atoms with Gasteiger partial charge in [-0.25, -0.2) is 9.59 Å². The Labute approximate surface area is 239 Å². The van der Waals surface area contributed by atoms with E-state index < -0.39 is 5.97 Å². The van der Waals surface area contributed by atoms with Crippen molar-refractivity contribution in [2.45, 2.75) is 0 Å². The third-order valence-electron chi connectivity index (χ3n) is 5.47. The lowest BCUT2D eigenvalue weighted by molar-refractivity contribution is -0.0180. The molecule has 3 aromatic rings. The van der Waals surface area contributed by atoms with Crippen LogP contribution in [0.5, 0.6) is 0 Å². The van der Waals surface area contributed by atoms with Gasteiger partial charge in [-0.2, -0.15) is 0 Å². The number of esters is 2.